The number of rotatable bonds is 7. The third-order valence-electron chi connectivity index (χ3n) is 4.83. The van der Waals surface area contributed by atoms with Gasteiger partial charge in [0, 0.05) is 35.3 Å². The lowest BCUT2D eigenvalue weighted by Crippen LogP contribution is -2.08. The van der Waals surface area contributed by atoms with Crippen LogP contribution in [-0.4, -0.2) is 45.1 Å². The van der Waals surface area contributed by atoms with Crippen molar-refractivity contribution in [1.29, 1.82) is 0 Å². The molecule has 0 spiro atoms. The number of carbonyl (C=O) groups is 4. The van der Waals surface area contributed by atoms with Gasteiger partial charge in [0.05, 0.1) is 22.5 Å². The summed E-state index contributed by atoms with van der Waals surface area (Å²) in [5.41, 5.74) is 1.73. The average molecular weight is 422 g/mol. The summed E-state index contributed by atoms with van der Waals surface area (Å²) >= 11 is 0. The second-order valence-corrected chi connectivity index (χ2v) is 6.57. The van der Waals surface area contributed by atoms with E-state index in [1.54, 1.807) is 48.8 Å². The molecule has 154 valence electrons. The second kappa shape index (κ2) is 8.97. The fourth-order valence-corrected chi connectivity index (χ4v) is 3.44. The second-order valence-electron chi connectivity index (χ2n) is 6.57. The summed E-state index contributed by atoms with van der Waals surface area (Å²) in [6.45, 7) is 0. The molecule has 0 N–H and O–H groups in total. The summed E-state index contributed by atoms with van der Waals surface area (Å²) in [5, 5.41) is 0. The summed E-state index contributed by atoms with van der Waals surface area (Å²) < 4.78 is 0. The lowest BCUT2D eigenvalue weighted by Gasteiger charge is -2.18. The van der Waals surface area contributed by atoms with Crippen molar-refractivity contribution in [3.8, 4) is 33.9 Å². The maximum absolute atomic E-state index is 12.1. The third-order valence-corrected chi connectivity index (χ3v) is 4.83. The average Bonchev–Trinajstić information content (AvgIpc) is 2.87. The molecule has 0 saturated heterocycles. The van der Waals surface area contributed by atoms with E-state index in [4.69, 9.17) is 0 Å². The summed E-state index contributed by atoms with van der Waals surface area (Å²) in [6, 6.07) is 11.7. The van der Waals surface area contributed by atoms with Crippen molar-refractivity contribution in [2.45, 2.75) is 0 Å². The number of hydrogen-bond donors (Lipinski definition) is 0. The molecule has 0 fully saturated rings. The highest BCUT2D eigenvalue weighted by molar-refractivity contribution is 6.06. The lowest BCUT2D eigenvalue weighted by molar-refractivity contribution is 0.109. The number of aromatic nitrogens is 4. The molecule has 8 heteroatoms. The van der Waals surface area contributed by atoms with Gasteiger partial charge in [-0.3, -0.25) is 34.1 Å². The van der Waals surface area contributed by atoms with E-state index in [0.717, 1.165) is 0 Å². The molecule has 8 nitrogen and oxygen atoms in total. The van der Waals surface area contributed by atoms with Crippen LogP contribution in [0.15, 0.2) is 61.1 Å². The molecule has 0 aliphatic heterocycles. The van der Waals surface area contributed by atoms with Crippen LogP contribution in [0.2, 0.25) is 0 Å². The van der Waals surface area contributed by atoms with E-state index in [-0.39, 0.29) is 33.8 Å². The molecule has 4 aromatic rings. The van der Waals surface area contributed by atoms with Gasteiger partial charge in [0.2, 0.25) is 0 Å². The Hall–Kier alpha value is -4.72. The van der Waals surface area contributed by atoms with Crippen molar-refractivity contribution in [2.75, 3.05) is 0 Å². The van der Waals surface area contributed by atoms with Gasteiger partial charge in [0.25, 0.3) is 0 Å². The van der Waals surface area contributed by atoms with Crippen LogP contribution < -0.4 is 0 Å². The normalized spacial score (nSPS) is 10.4. The van der Waals surface area contributed by atoms with Gasteiger partial charge >= 0.3 is 0 Å². The Kier molecular flexibility index (Phi) is 5.76. The molecule has 32 heavy (non-hydrogen) atoms. The van der Waals surface area contributed by atoms with E-state index in [2.05, 4.69) is 19.9 Å². The minimum atomic E-state index is -0.148. The predicted octanol–water partition coefficient (Wildman–Crippen LogP) is 3.52. The minimum Gasteiger partial charge on any atom is -0.298 e. The summed E-state index contributed by atoms with van der Waals surface area (Å²) in [7, 11) is 0. The topological polar surface area (TPSA) is 120 Å². The quantitative estimate of drug-likeness (QED) is 0.415. The van der Waals surface area contributed by atoms with Crippen molar-refractivity contribution in [2.24, 2.45) is 0 Å². The van der Waals surface area contributed by atoms with Crippen LogP contribution >= 0.6 is 0 Å². The zero-order valence-corrected chi connectivity index (χ0v) is 16.5. The number of nitrogens with zero attached hydrogens (tertiary/aromatic N) is 4. The molecule has 4 heterocycles. The fourth-order valence-electron chi connectivity index (χ4n) is 3.44. The summed E-state index contributed by atoms with van der Waals surface area (Å²) in [6.07, 6.45) is 6.50. The highest BCUT2D eigenvalue weighted by Gasteiger charge is 2.26. The first-order chi connectivity index (χ1) is 15.7. The number of carbonyl (C=O) groups excluding carboxylic acids is 4. The Morgan fingerprint density at radius 3 is 1.75 bits per heavy atom. The molecule has 0 aromatic carbocycles. The maximum Gasteiger partial charge on any atom is 0.169 e. The Balaban J connectivity index is 2.24. The Morgan fingerprint density at radius 2 is 1.22 bits per heavy atom. The van der Waals surface area contributed by atoms with Gasteiger partial charge < -0.3 is 0 Å². The third kappa shape index (κ3) is 3.50. The first-order valence-electron chi connectivity index (χ1n) is 9.44. The Bertz CT molecular complexity index is 1340. The van der Waals surface area contributed by atoms with Crippen LogP contribution in [0.3, 0.4) is 0 Å². The first-order valence-corrected chi connectivity index (χ1v) is 9.44. The van der Waals surface area contributed by atoms with Crippen molar-refractivity contribution in [1.82, 2.24) is 19.9 Å². The SMILES string of the molecule is O=Cc1ccnc(-c2nc(C=O)c(C=O)c(-c3ccccn3)c2-c2ccccn2)c1C=O. The van der Waals surface area contributed by atoms with Gasteiger partial charge in [-0.2, -0.15) is 0 Å². The van der Waals surface area contributed by atoms with Crippen LogP contribution in [0.1, 0.15) is 41.6 Å². The molecular formula is C24H14N4O4. The van der Waals surface area contributed by atoms with Gasteiger partial charge in [-0.15, -0.1) is 0 Å². The van der Waals surface area contributed by atoms with Gasteiger partial charge in [-0.05, 0) is 30.3 Å². The summed E-state index contributed by atoms with van der Waals surface area (Å²) in [5.74, 6) is 0. The van der Waals surface area contributed by atoms with Crippen LogP contribution in [-0.2, 0) is 0 Å². The number of aldehydes is 4. The smallest absolute Gasteiger partial charge is 0.169 e. The van der Waals surface area contributed by atoms with Gasteiger partial charge in [-0.25, -0.2) is 4.98 Å². The van der Waals surface area contributed by atoms with Crippen LogP contribution in [0.5, 0.6) is 0 Å². The van der Waals surface area contributed by atoms with Gasteiger partial charge in [0.1, 0.15) is 17.1 Å². The number of pyridine rings is 4. The molecule has 0 bridgehead atoms. The lowest BCUT2D eigenvalue weighted by atomic mass is 9.91. The molecule has 4 aromatic heterocycles. The van der Waals surface area contributed by atoms with E-state index >= 15 is 0 Å². The largest absolute Gasteiger partial charge is 0.298 e. The van der Waals surface area contributed by atoms with Crippen LogP contribution in [0.25, 0.3) is 33.9 Å². The highest BCUT2D eigenvalue weighted by atomic mass is 16.1. The molecule has 4 rings (SSSR count). The zero-order valence-electron chi connectivity index (χ0n) is 16.5. The molecule has 0 amide bonds. The van der Waals surface area contributed by atoms with Crippen molar-refractivity contribution in [3.63, 3.8) is 0 Å². The standard InChI is InChI=1S/C24H14N4O4/c29-11-15-7-10-27-23(16(15)12-30)24-22(19-6-2-4-9-26-19)21(18-5-1-3-8-25-18)17(13-31)20(14-32)28-24/h1-14H. The van der Waals surface area contributed by atoms with Crippen molar-refractivity contribution < 1.29 is 19.2 Å². The van der Waals surface area contributed by atoms with Gasteiger partial charge in [0.15, 0.2) is 25.1 Å². The monoisotopic (exact) mass is 422 g/mol. The van der Waals surface area contributed by atoms with Crippen LogP contribution in [0.4, 0.5) is 0 Å². The first kappa shape index (κ1) is 20.5. The van der Waals surface area contributed by atoms with Gasteiger partial charge in [-0.1, -0.05) is 12.1 Å². The molecule has 0 aliphatic carbocycles. The molecule has 0 radical (unpaired) electrons. The van der Waals surface area contributed by atoms with E-state index in [0.29, 0.717) is 47.7 Å². The fraction of sp³-hybridized carbons (Fsp3) is 0. The number of hydrogen-bond acceptors (Lipinski definition) is 8. The molecule has 0 saturated carbocycles. The molecule has 0 aliphatic rings. The molecular weight excluding hydrogens is 408 g/mol. The van der Waals surface area contributed by atoms with Crippen molar-refractivity contribution in [3.05, 3.63) is 83.4 Å². The maximum atomic E-state index is 12.1. The highest BCUT2D eigenvalue weighted by Crippen LogP contribution is 2.40. The van der Waals surface area contributed by atoms with E-state index in [1.807, 2.05) is 0 Å². The summed E-state index contributed by atoms with van der Waals surface area (Å²) in [4.78, 5) is 64.7. The molecule has 0 unspecified atom stereocenters. The van der Waals surface area contributed by atoms with E-state index in [9.17, 15) is 19.2 Å². The Morgan fingerprint density at radius 1 is 0.562 bits per heavy atom. The zero-order chi connectivity index (χ0) is 22.5. The van der Waals surface area contributed by atoms with E-state index in [1.165, 1.54) is 12.3 Å². The molecule has 0 atom stereocenters. The van der Waals surface area contributed by atoms with Crippen LogP contribution in [0, 0.1) is 0 Å². The van der Waals surface area contributed by atoms with E-state index < -0.39 is 0 Å². The minimum absolute atomic E-state index is 0.00912. The predicted molar refractivity (Wildman–Crippen MR) is 115 cm³/mol. The van der Waals surface area contributed by atoms with Crippen molar-refractivity contribution >= 4 is 25.1 Å². The Labute approximate surface area is 182 Å².